The predicted octanol–water partition coefficient (Wildman–Crippen LogP) is 11.7. The second kappa shape index (κ2) is 12.1. The molecule has 0 bridgehead atoms. The van der Waals surface area contributed by atoms with Gasteiger partial charge in [-0.15, -0.1) is 11.1 Å². The highest BCUT2D eigenvalue weighted by molar-refractivity contribution is 6.87. The van der Waals surface area contributed by atoms with Crippen LogP contribution in [0.15, 0.2) is 60.7 Å². The Kier molecular flexibility index (Phi) is 8.71. The third-order valence-electron chi connectivity index (χ3n) is 10.5. The number of rotatable bonds is 6. The molecule has 0 aliphatic carbocycles. The third kappa shape index (κ3) is 5.33. The Hall–Kier alpha value is -3.31. The van der Waals surface area contributed by atoms with E-state index in [1.165, 1.54) is 102 Å². The van der Waals surface area contributed by atoms with Crippen LogP contribution in [-0.2, 0) is 0 Å². The molecule has 0 heterocycles. The molecule has 0 atom stereocenters. The summed E-state index contributed by atoms with van der Waals surface area (Å²) in [7, 11) is -3.30. The van der Waals surface area contributed by atoms with Crippen molar-refractivity contribution in [3.05, 3.63) is 82.9 Å². The maximum absolute atomic E-state index is 3.96. The van der Waals surface area contributed by atoms with Crippen LogP contribution in [0.3, 0.4) is 0 Å². The minimum absolute atomic E-state index is 1.19. The molecule has 214 valence electrons. The molecular formula is C40H46Si2. The van der Waals surface area contributed by atoms with Crippen LogP contribution in [0.5, 0.6) is 0 Å². The predicted molar refractivity (Wildman–Crippen MR) is 194 cm³/mol. The topological polar surface area (TPSA) is 0 Å². The summed E-state index contributed by atoms with van der Waals surface area (Å²) in [5.74, 6) is 7.77. The van der Waals surface area contributed by atoms with Crippen LogP contribution in [0.2, 0.25) is 36.3 Å². The first kappa shape index (κ1) is 30.2. The molecule has 0 aliphatic rings. The average Bonchev–Trinajstić information content (AvgIpc) is 3.02. The van der Waals surface area contributed by atoms with E-state index in [0.717, 1.165) is 0 Å². The van der Waals surface area contributed by atoms with E-state index in [-0.39, 0.29) is 0 Å². The summed E-state index contributed by atoms with van der Waals surface area (Å²) < 4.78 is 0. The summed E-state index contributed by atoms with van der Waals surface area (Å²) in [6.45, 7) is 18.5. The lowest BCUT2D eigenvalue weighted by Gasteiger charge is -2.21. The van der Waals surface area contributed by atoms with Gasteiger partial charge in [0.05, 0.1) is 0 Å². The van der Waals surface area contributed by atoms with Crippen molar-refractivity contribution < 1.29 is 0 Å². The summed E-state index contributed by atoms with van der Waals surface area (Å²) >= 11 is 0. The normalized spacial score (nSPS) is 12.0. The molecule has 0 nitrogen and oxygen atoms in total. The Bertz CT molecular complexity index is 1770. The molecule has 0 unspecified atom stereocenters. The molecule has 5 rings (SSSR count). The van der Waals surface area contributed by atoms with Crippen LogP contribution in [0, 0.1) is 36.8 Å². The molecule has 0 saturated heterocycles. The maximum Gasteiger partial charge on any atom is 0.138 e. The summed E-state index contributed by atoms with van der Waals surface area (Å²) in [5.41, 5.74) is 13.0. The second-order valence-electron chi connectivity index (χ2n) is 12.4. The van der Waals surface area contributed by atoms with Gasteiger partial charge in [0.15, 0.2) is 0 Å². The number of hydrogen-bond acceptors (Lipinski definition) is 0. The second-order valence-corrected chi connectivity index (χ2v) is 22.2. The fourth-order valence-electron chi connectivity index (χ4n) is 6.62. The van der Waals surface area contributed by atoms with Crippen LogP contribution in [0.1, 0.15) is 63.8 Å². The molecule has 42 heavy (non-hydrogen) atoms. The minimum atomic E-state index is -1.65. The van der Waals surface area contributed by atoms with Gasteiger partial charge in [0.2, 0.25) is 0 Å². The highest BCUT2D eigenvalue weighted by Gasteiger charge is 2.26. The van der Waals surface area contributed by atoms with E-state index >= 15 is 0 Å². The Morgan fingerprint density at radius 3 is 1.07 bits per heavy atom. The molecule has 0 radical (unpaired) electrons. The van der Waals surface area contributed by atoms with Crippen molar-refractivity contribution in [2.24, 2.45) is 0 Å². The molecule has 0 N–H and O–H groups in total. The minimum Gasteiger partial charge on any atom is -0.126 e. The molecule has 0 aliphatic heterocycles. The molecular weight excluding hydrogens is 537 g/mol. The summed E-state index contributed by atoms with van der Waals surface area (Å²) in [6.07, 6.45) is 0. The van der Waals surface area contributed by atoms with Gasteiger partial charge >= 0.3 is 0 Å². The average molecular weight is 583 g/mol. The van der Waals surface area contributed by atoms with Gasteiger partial charge in [0.1, 0.15) is 16.1 Å². The largest absolute Gasteiger partial charge is 0.138 e. The first-order chi connectivity index (χ1) is 20.3. The highest BCUT2D eigenvalue weighted by Crippen LogP contribution is 2.38. The van der Waals surface area contributed by atoms with Crippen molar-refractivity contribution in [2.45, 2.75) is 91.7 Å². The van der Waals surface area contributed by atoms with E-state index in [4.69, 9.17) is 0 Å². The standard InChI is InChI=1S/C40H46Si2/c1-9-41(10-2,11-3)21-19-35-37-25-31-17-15-16-18-32(31)26-38(37)36(20-22-42(12-4,13-5)14-6)40-28-34-24-30(8)29(7)23-33(34)27-39(35)40/h15-18,23-28H,9-14H2,1-8H3. The number of aryl methyl sites for hydroxylation is 2. The SMILES string of the molecule is CC[Si](C#Cc1c2cc3ccccc3cc2c(C#C[Si](CC)(CC)CC)c2cc3cc(C)c(C)cc3cc12)(CC)CC. The van der Waals surface area contributed by atoms with Gasteiger partial charge in [-0.05, 0) is 129 Å². The number of fused-ring (bicyclic) bond motifs is 4. The van der Waals surface area contributed by atoms with Crippen LogP contribution in [-0.4, -0.2) is 16.1 Å². The molecule has 0 aromatic heterocycles. The molecule has 0 fully saturated rings. The number of benzene rings is 5. The van der Waals surface area contributed by atoms with Gasteiger partial charge in [0.25, 0.3) is 0 Å². The van der Waals surface area contributed by atoms with E-state index in [1.807, 2.05) is 0 Å². The zero-order valence-corrected chi connectivity index (χ0v) is 29.0. The smallest absolute Gasteiger partial charge is 0.126 e. The summed E-state index contributed by atoms with van der Waals surface area (Å²) in [4.78, 5) is 0. The van der Waals surface area contributed by atoms with Crippen molar-refractivity contribution in [3.63, 3.8) is 0 Å². The van der Waals surface area contributed by atoms with E-state index < -0.39 is 16.1 Å². The van der Waals surface area contributed by atoms with Crippen LogP contribution in [0.4, 0.5) is 0 Å². The fraction of sp³-hybridized carbons (Fsp3) is 0.350. The molecule has 5 aromatic rings. The monoisotopic (exact) mass is 582 g/mol. The van der Waals surface area contributed by atoms with Crippen LogP contribution >= 0.6 is 0 Å². The number of hydrogen-bond donors (Lipinski definition) is 0. The van der Waals surface area contributed by atoms with Crippen molar-refractivity contribution in [3.8, 4) is 22.9 Å². The first-order valence-electron chi connectivity index (χ1n) is 16.2. The lowest BCUT2D eigenvalue weighted by Crippen LogP contribution is -2.29. The van der Waals surface area contributed by atoms with Gasteiger partial charge in [-0.25, -0.2) is 0 Å². The van der Waals surface area contributed by atoms with E-state index in [0.29, 0.717) is 0 Å². The van der Waals surface area contributed by atoms with Crippen molar-refractivity contribution in [2.75, 3.05) is 0 Å². The van der Waals surface area contributed by atoms with Crippen LogP contribution in [0.25, 0.3) is 43.1 Å². The summed E-state index contributed by atoms with van der Waals surface area (Å²) in [6, 6.07) is 30.3. The lowest BCUT2D eigenvalue weighted by molar-refractivity contribution is 1.20. The molecule has 0 spiro atoms. The van der Waals surface area contributed by atoms with Gasteiger partial charge in [-0.3, -0.25) is 0 Å². The Labute approximate surface area is 255 Å². The lowest BCUT2D eigenvalue weighted by atomic mass is 9.88. The molecule has 0 saturated carbocycles. The van der Waals surface area contributed by atoms with Gasteiger partial charge in [0, 0.05) is 11.1 Å². The van der Waals surface area contributed by atoms with E-state index in [9.17, 15) is 0 Å². The van der Waals surface area contributed by atoms with Crippen LogP contribution < -0.4 is 0 Å². The van der Waals surface area contributed by atoms with Crippen molar-refractivity contribution in [1.82, 2.24) is 0 Å². The van der Waals surface area contributed by atoms with Gasteiger partial charge in [-0.1, -0.05) is 89.8 Å². The Morgan fingerprint density at radius 1 is 0.452 bits per heavy atom. The van der Waals surface area contributed by atoms with Crippen molar-refractivity contribution >= 4 is 59.2 Å². The third-order valence-corrected chi connectivity index (χ3v) is 20.0. The molecule has 0 amide bonds. The fourth-order valence-corrected chi connectivity index (χ4v) is 11.5. The maximum atomic E-state index is 3.96. The quantitative estimate of drug-likeness (QED) is 0.106. The Balaban J connectivity index is 2.02. The van der Waals surface area contributed by atoms with Gasteiger partial charge in [-0.2, -0.15) is 0 Å². The molecule has 5 aromatic carbocycles. The zero-order valence-electron chi connectivity index (χ0n) is 27.0. The zero-order chi connectivity index (χ0) is 30.1. The first-order valence-corrected chi connectivity index (χ1v) is 21.4. The summed E-state index contributed by atoms with van der Waals surface area (Å²) in [5, 5.41) is 10.1. The highest BCUT2D eigenvalue weighted by atomic mass is 28.3. The Morgan fingerprint density at radius 2 is 0.762 bits per heavy atom. The van der Waals surface area contributed by atoms with E-state index in [1.54, 1.807) is 0 Å². The van der Waals surface area contributed by atoms with E-state index in [2.05, 4.69) is 139 Å². The molecule has 2 heteroatoms. The van der Waals surface area contributed by atoms with Gasteiger partial charge < -0.3 is 0 Å². The van der Waals surface area contributed by atoms with Crippen molar-refractivity contribution in [1.29, 1.82) is 0 Å².